The third-order valence-corrected chi connectivity index (χ3v) is 14.5. The van der Waals surface area contributed by atoms with Crippen molar-refractivity contribution < 1.29 is 52.8 Å². The number of likely N-dealkylation sites (N-methyl/N-ethyl adjacent to an activating group) is 1. The van der Waals surface area contributed by atoms with Gasteiger partial charge in [0.25, 0.3) is 6.47 Å². The Bertz CT molecular complexity index is 1010. The van der Waals surface area contributed by atoms with Gasteiger partial charge in [0.15, 0.2) is 0 Å². The second-order valence-corrected chi connectivity index (χ2v) is 22.0. The van der Waals surface area contributed by atoms with Gasteiger partial charge in [-0.05, 0) is 64.8 Å². The van der Waals surface area contributed by atoms with Crippen LogP contribution in [0.1, 0.15) is 291 Å². The molecule has 80 heavy (non-hydrogen) atoms. The Kier molecular flexibility index (Phi) is 90.3. The van der Waals surface area contributed by atoms with Gasteiger partial charge < -0.3 is 57.8 Å². The third-order valence-electron chi connectivity index (χ3n) is 14.5. The molecule has 0 atom stereocenters. The number of hydrogen-bond acceptors (Lipinski definition) is 12. The van der Waals surface area contributed by atoms with Gasteiger partial charge >= 0.3 is 0 Å². The molecule has 0 aliphatic carbocycles. The number of unbranched alkanes of at least 4 members (excludes halogenated alkanes) is 30. The predicted octanol–water partition coefficient (Wildman–Crippen LogP) is 16.7. The predicted molar refractivity (Wildman–Crippen MR) is 339 cm³/mol. The number of nitrogens with zero attached hydrogens (tertiary/aromatic N) is 2. The first-order chi connectivity index (χ1) is 39.2. The van der Waals surface area contributed by atoms with E-state index in [1.165, 1.54) is 206 Å². The minimum Gasteiger partial charge on any atom is -0.483 e. The summed E-state index contributed by atoms with van der Waals surface area (Å²) in [5.74, 6) is 0.346. The normalized spacial score (nSPS) is 12.2. The summed E-state index contributed by atoms with van der Waals surface area (Å²) in [4.78, 5) is 52.6. The largest absolute Gasteiger partial charge is 0.483 e. The van der Waals surface area contributed by atoms with Crippen LogP contribution in [0.3, 0.4) is 0 Å². The first-order valence-corrected chi connectivity index (χ1v) is 33.0. The first-order valence-electron chi connectivity index (χ1n) is 33.0. The van der Waals surface area contributed by atoms with Crippen molar-refractivity contribution in [2.75, 3.05) is 94.6 Å². The molecule has 0 aromatic carbocycles. The van der Waals surface area contributed by atoms with E-state index >= 15 is 0 Å². The van der Waals surface area contributed by atoms with Crippen molar-refractivity contribution >= 4 is 31.6 Å². The summed E-state index contributed by atoms with van der Waals surface area (Å²) in [6.07, 6.45) is 55.3. The first kappa shape index (κ1) is 86.7. The molecule has 1 rings (SSSR count). The molecule has 0 saturated carbocycles. The fourth-order valence-electron chi connectivity index (χ4n) is 9.31. The number of aldehydes is 4. The summed E-state index contributed by atoms with van der Waals surface area (Å²) in [7, 11) is 9.40. The SMILES string of the molecule is CCCCCCCCC(CCCCCCCC)OC.CCCCCCCCC(CCCCCCCC)OC.COCC(COC)COCCCN1CCN(C)CC1.O=CCCCCCCC=O.O=CCCCCCCC=O.O=CO. The van der Waals surface area contributed by atoms with E-state index in [2.05, 4.69) is 44.5 Å². The summed E-state index contributed by atoms with van der Waals surface area (Å²) in [6, 6.07) is 0. The summed E-state index contributed by atoms with van der Waals surface area (Å²) in [5, 5.41) is 6.89. The van der Waals surface area contributed by atoms with Crippen molar-refractivity contribution in [3.8, 4) is 0 Å². The molecule has 1 heterocycles. The van der Waals surface area contributed by atoms with Crippen molar-refractivity contribution in [1.82, 2.24) is 9.80 Å². The molecular formula is C67H136N2O11. The highest BCUT2D eigenvalue weighted by atomic mass is 16.5. The molecule has 1 aliphatic rings. The molecule has 0 amide bonds. The second kappa shape index (κ2) is 83.3. The van der Waals surface area contributed by atoms with Crippen molar-refractivity contribution in [1.29, 1.82) is 0 Å². The second-order valence-electron chi connectivity index (χ2n) is 22.0. The molecule has 13 nitrogen and oxygen atoms in total. The van der Waals surface area contributed by atoms with Crippen LogP contribution in [0.5, 0.6) is 0 Å². The lowest BCUT2D eigenvalue weighted by Gasteiger charge is -2.32. The van der Waals surface area contributed by atoms with Crippen LogP contribution >= 0.6 is 0 Å². The monoisotopic (exact) mass is 1150 g/mol. The van der Waals surface area contributed by atoms with Crippen molar-refractivity contribution in [2.45, 2.75) is 303 Å². The molecule has 1 saturated heterocycles. The topological polar surface area (TPSA) is 158 Å². The van der Waals surface area contributed by atoms with E-state index in [-0.39, 0.29) is 6.47 Å². The Hall–Kier alpha value is -2.13. The van der Waals surface area contributed by atoms with Crippen LogP contribution in [0.4, 0.5) is 0 Å². The van der Waals surface area contributed by atoms with E-state index in [1.54, 1.807) is 14.2 Å². The van der Waals surface area contributed by atoms with Crippen molar-refractivity contribution in [3.63, 3.8) is 0 Å². The highest BCUT2D eigenvalue weighted by Gasteiger charge is 2.14. The van der Waals surface area contributed by atoms with Gasteiger partial charge in [0.05, 0.1) is 32.0 Å². The average Bonchev–Trinajstić information content (AvgIpc) is 3.46. The number of ether oxygens (including phenoxy) is 5. The molecule has 0 spiro atoms. The molecule has 0 aromatic heterocycles. The number of piperazine rings is 1. The van der Waals surface area contributed by atoms with Gasteiger partial charge in [-0.15, -0.1) is 0 Å². The molecule has 480 valence electrons. The van der Waals surface area contributed by atoms with Gasteiger partial charge in [-0.3, -0.25) is 4.79 Å². The van der Waals surface area contributed by atoms with E-state index in [0.717, 1.165) is 103 Å². The van der Waals surface area contributed by atoms with Gasteiger partial charge in [-0.2, -0.15) is 0 Å². The molecule has 1 fully saturated rings. The van der Waals surface area contributed by atoms with Gasteiger partial charge in [0.2, 0.25) is 0 Å². The van der Waals surface area contributed by atoms with E-state index in [4.69, 9.17) is 33.6 Å². The Morgan fingerprint density at radius 3 is 0.925 bits per heavy atom. The fourth-order valence-corrected chi connectivity index (χ4v) is 9.31. The van der Waals surface area contributed by atoms with Gasteiger partial charge in [0, 0.05) is 99.4 Å². The van der Waals surface area contributed by atoms with E-state index in [9.17, 15) is 19.2 Å². The van der Waals surface area contributed by atoms with E-state index in [1.807, 2.05) is 14.2 Å². The molecule has 1 N–H and O–H groups in total. The van der Waals surface area contributed by atoms with Crippen LogP contribution in [0.2, 0.25) is 0 Å². The number of carbonyl (C=O) groups excluding carboxylic acids is 4. The molecule has 0 unspecified atom stereocenters. The number of carboxylic acid groups (broad SMARTS) is 1. The molecule has 0 bridgehead atoms. The van der Waals surface area contributed by atoms with Crippen LogP contribution in [0.25, 0.3) is 0 Å². The Morgan fingerprint density at radius 2 is 0.662 bits per heavy atom. The van der Waals surface area contributed by atoms with Crippen LogP contribution < -0.4 is 0 Å². The van der Waals surface area contributed by atoms with Gasteiger partial charge in [0.1, 0.15) is 25.1 Å². The minimum absolute atomic E-state index is 0.250. The minimum atomic E-state index is -0.250. The maximum Gasteiger partial charge on any atom is 0.290 e. The van der Waals surface area contributed by atoms with Crippen LogP contribution in [-0.4, -0.2) is 153 Å². The fraction of sp³-hybridized carbons (Fsp3) is 0.925. The third kappa shape index (κ3) is 82.3. The Morgan fingerprint density at radius 1 is 0.388 bits per heavy atom. The average molecular weight is 1150 g/mol. The van der Waals surface area contributed by atoms with Gasteiger partial charge in [-0.1, -0.05) is 207 Å². The van der Waals surface area contributed by atoms with Crippen molar-refractivity contribution in [3.05, 3.63) is 0 Å². The number of hydrogen-bond donors (Lipinski definition) is 1. The van der Waals surface area contributed by atoms with E-state index in [0.29, 0.717) is 57.0 Å². The molecule has 0 radical (unpaired) electrons. The lowest BCUT2D eigenvalue weighted by molar-refractivity contribution is -0.123. The zero-order valence-electron chi connectivity index (χ0n) is 54.4. The van der Waals surface area contributed by atoms with E-state index < -0.39 is 0 Å². The lowest BCUT2D eigenvalue weighted by atomic mass is 10.0. The van der Waals surface area contributed by atoms with Crippen molar-refractivity contribution in [2.24, 2.45) is 5.92 Å². The lowest BCUT2D eigenvalue weighted by Crippen LogP contribution is -2.44. The Balaban J connectivity index is -0.000000296. The van der Waals surface area contributed by atoms with Gasteiger partial charge in [-0.25, -0.2) is 0 Å². The Labute approximate surface area is 496 Å². The zero-order chi connectivity index (χ0) is 60.3. The number of methoxy groups -OCH3 is 4. The smallest absolute Gasteiger partial charge is 0.290 e. The highest BCUT2D eigenvalue weighted by molar-refractivity contribution is 5.49. The highest BCUT2D eigenvalue weighted by Crippen LogP contribution is 2.18. The standard InChI is InChI=1S/2C18H38O.C14H30N2O3.2C8H14O2.CH2O2/c2*1-4-6-8-10-12-14-16-18(19-3)17-15-13-11-9-7-5-2;1-15-6-8-16(9-7-15)5-4-10-19-13-14(11-17-2)12-18-3;2*9-7-5-3-1-2-4-6-8-10;2-1-3/h2*18H,4-17H2,1-3H3;14H,4-13H2,1-3H3;2*7-8H,1-6H2;1H,(H,2,3). The summed E-state index contributed by atoms with van der Waals surface area (Å²) >= 11 is 0. The zero-order valence-corrected chi connectivity index (χ0v) is 54.4. The molecule has 1 aliphatic heterocycles. The molecule has 0 aromatic rings. The summed E-state index contributed by atoms with van der Waals surface area (Å²) in [5.41, 5.74) is 0. The summed E-state index contributed by atoms with van der Waals surface area (Å²) < 4.78 is 27.2. The summed E-state index contributed by atoms with van der Waals surface area (Å²) in [6.45, 7) is 17.7. The maximum absolute atomic E-state index is 9.84. The van der Waals surface area contributed by atoms with Crippen LogP contribution in [0.15, 0.2) is 0 Å². The molecule has 13 heteroatoms. The van der Waals surface area contributed by atoms with Crippen LogP contribution in [0, 0.1) is 5.92 Å². The number of carbonyl (C=O) groups is 5. The quantitative estimate of drug-likeness (QED) is 0.0453. The van der Waals surface area contributed by atoms with Crippen LogP contribution in [-0.2, 0) is 47.7 Å². The molecular weight excluding hydrogens is 1010 g/mol. The maximum atomic E-state index is 9.84. The number of rotatable bonds is 54.